The van der Waals surface area contributed by atoms with Gasteiger partial charge in [-0.05, 0) is 31.0 Å². The van der Waals surface area contributed by atoms with Crippen LogP contribution < -0.4 is 10.6 Å². The van der Waals surface area contributed by atoms with Gasteiger partial charge in [-0.25, -0.2) is 4.98 Å². The van der Waals surface area contributed by atoms with Crippen LogP contribution in [-0.4, -0.2) is 40.8 Å². The number of pyridine rings is 1. The van der Waals surface area contributed by atoms with Crippen LogP contribution in [0.15, 0.2) is 36.7 Å². The lowest BCUT2D eigenvalue weighted by molar-refractivity contribution is 0.0875. The number of hydrogen-bond acceptors (Lipinski definition) is 6. The molecule has 116 valence electrons. The molecule has 0 saturated carbocycles. The van der Waals surface area contributed by atoms with E-state index in [-0.39, 0.29) is 0 Å². The van der Waals surface area contributed by atoms with Gasteiger partial charge < -0.3 is 15.4 Å². The van der Waals surface area contributed by atoms with Gasteiger partial charge >= 0.3 is 0 Å². The molecule has 2 N–H and O–H groups in total. The summed E-state index contributed by atoms with van der Waals surface area (Å²) in [6.07, 6.45) is 6.63. The van der Waals surface area contributed by atoms with Crippen molar-refractivity contribution in [3.05, 3.63) is 42.4 Å². The molecule has 1 aliphatic heterocycles. The molecule has 0 aromatic carbocycles. The van der Waals surface area contributed by atoms with Crippen molar-refractivity contribution in [2.45, 2.75) is 25.3 Å². The van der Waals surface area contributed by atoms with Gasteiger partial charge in [0.05, 0.1) is 12.6 Å². The van der Waals surface area contributed by atoms with E-state index in [0.717, 1.165) is 50.5 Å². The van der Waals surface area contributed by atoms with E-state index < -0.39 is 0 Å². The minimum atomic E-state index is 0.338. The molecule has 2 aromatic rings. The fraction of sp³-hybridized carbons (Fsp3) is 0.438. The van der Waals surface area contributed by atoms with Crippen molar-refractivity contribution in [2.24, 2.45) is 0 Å². The molecule has 22 heavy (non-hydrogen) atoms. The standard InChI is InChI=1S/C16H21N5O/c1-2-8-17-13(4-1)6-9-18-16-19-10-7-15(21-16)20-14-5-3-11-22-12-14/h1-2,4,7-8,10,14H,3,5-6,9,11-12H2,(H2,18,19,20,21)/t14-/m1/s1. The van der Waals surface area contributed by atoms with Crippen molar-refractivity contribution in [3.8, 4) is 0 Å². The summed E-state index contributed by atoms with van der Waals surface area (Å²) in [6, 6.07) is 8.16. The molecule has 6 nitrogen and oxygen atoms in total. The average molecular weight is 299 g/mol. The Kier molecular flexibility index (Phi) is 5.15. The lowest BCUT2D eigenvalue weighted by Gasteiger charge is -2.23. The van der Waals surface area contributed by atoms with E-state index >= 15 is 0 Å². The maximum absolute atomic E-state index is 5.47. The summed E-state index contributed by atoms with van der Waals surface area (Å²) in [5.41, 5.74) is 1.06. The Hall–Kier alpha value is -2.21. The van der Waals surface area contributed by atoms with E-state index in [1.54, 1.807) is 6.20 Å². The van der Waals surface area contributed by atoms with Crippen LogP contribution in [0.5, 0.6) is 0 Å². The van der Waals surface area contributed by atoms with E-state index in [9.17, 15) is 0 Å². The van der Waals surface area contributed by atoms with Crippen molar-refractivity contribution in [2.75, 3.05) is 30.4 Å². The van der Waals surface area contributed by atoms with Crippen LogP contribution >= 0.6 is 0 Å². The molecule has 1 saturated heterocycles. The number of nitrogens with zero attached hydrogens (tertiary/aromatic N) is 3. The summed E-state index contributed by atoms with van der Waals surface area (Å²) >= 11 is 0. The van der Waals surface area contributed by atoms with Crippen LogP contribution in [0.1, 0.15) is 18.5 Å². The highest BCUT2D eigenvalue weighted by molar-refractivity contribution is 5.40. The van der Waals surface area contributed by atoms with E-state index in [0.29, 0.717) is 12.0 Å². The summed E-state index contributed by atoms with van der Waals surface area (Å²) < 4.78 is 5.47. The predicted octanol–water partition coefficient (Wildman–Crippen LogP) is 2.12. The minimum absolute atomic E-state index is 0.338. The molecule has 1 atom stereocenters. The highest BCUT2D eigenvalue weighted by Crippen LogP contribution is 2.13. The topological polar surface area (TPSA) is 72.0 Å². The molecule has 0 unspecified atom stereocenters. The fourth-order valence-electron chi connectivity index (χ4n) is 2.44. The summed E-state index contributed by atoms with van der Waals surface area (Å²) in [4.78, 5) is 13.0. The van der Waals surface area contributed by atoms with Gasteiger partial charge in [0.15, 0.2) is 0 Å². The number of aromatic nitrogens is 3. The largest absolute Gasteiger partial charge is 0.379 e. The molecule has 0 spiro atoms. The Morgan fingerprint density at radius 3 is 3.00 bits per heavy atom. The summed E-state index contributed by atoms with van der Waals surface area (Å²) in [7, 11) is 0. The zero-order valence-corrected chi connectivity index (χ0v) is 12.5. The first-order valence-electron chi connectivity index (χ1n) is 7.71. The Morgan fingerprint density at radius 2 is 2.18 bits per heavy atom. The molecule has 0 amide bonds. The lowest BCUT2D eigenvalue weighted by Crippen LogP contribution is -2.30. The maximum atomic E-state index is 5.47. The molecule has 1 fully saturated rings. The Bertz CT molecular complexity index is 572. The summed E-state index contributed by atoms with van der Waals surface area (Å²) in [5.74, 6) is 1.48. The van der Waals surface area contributed by atoms with Crippen LogP contribution in [0.3, 0.4) is 0 Å². The number of rotatable bonds is 6. The molecule has 0 aliphatic carbocycles. The van der Waals surface area contributed by atoms with E-state index in [2.05, 4.69) is 25.6 Å². The van der Waals surface area contributed by atoms with E-state index in [1.165, 1.54) is 0 Å². The van der Waals surface area contributed by atoms with Gasteiger partial charge in [-0.2, -0.15) is 4.98 Å². The highest BCUT2D eigenvalue weighted by Gasteiger charge is 2.14. The lowest BCUT2D eigenvalue weighted by atomic mass is 10.1. The molecule has 3 rings (SSSR count). The predicted molar refractivity (Wildman–Crippen MR) is 85.9 cm³/mol. The van der Waals surface area contributed by atoms with Crippen LogP contribution in [0.2, 0.25) is 0 Å². The van der Waals surface area contributed by atoms with Gasteiger partial charge in [0, 0.05) is 37.7 Å². The first-order valence-corrected chi connectivity index (χ1v) is 7.71. The molecular formula is C16H21N5O. The molecule has 0 radical (unpaired) electrons. The minimum Gasteiger partial charge on any atom is -0.379 e. The Labute approximate surface area is 130 Å². The van der Waals surface area contributed by atoms with Crippen molar-refractivity contribution in [1.82, 2.24) is 15.0 Å². The van der Waals surface area contributed by atoms with Gasteiger partial charge in [-0.15, -0.1) is 0 Å². The average Bonchev–Trinajstić information content (AvgIpc) is 2.57. The number of ether oxygens (including phenoxy) is 1. The molecule has 0 bridgehead atoms. The van der Waals surface area contributed by atoms with Crippen LogP contribution in [-0.2, 0) is 11.2 Å². The fourth-order valence-corrected chi connectivity index (χ4v) is 2.44. The third-order valence-electron chi connectivity index (χ3n) is 3.56. The van der Waals surface area contributed by atoms with Gasteiger partial charge in [0.2, 0.25) is 5.95 Å². The van der Waals surface area contributed by atoms with Crippen LogP contribution in [0.4, 0.5) is 11.8 Å². The third-order valence-corrected chi connectivity index (χ3v) is 3.56. The van der Waals surface area contributed by atoms with Gasteiger partial charge in [-0.1, -0.05) is 6.07 Å². The zero-order chi connectivity index (χ0) is 15.0. The third kappa shape index (κ3) is 4.39. The smallest absolute Gasteiger partial charge is 0.224 e. The molecule has 1 aliphatic rings. The van der Waals surface area contributed by atoms with Gasteiger partial charge in [0.1, 0.15) is 5.82 Å². The quantitative estimate of drug-likeness (QED) is 0.851. The number of anilines is 2. The van der Waals surface area contributed by atoms with Crippen molar-refractivity contribution in [3.63, 3.8) is 0 Å². The zero-order valence-electron chi connectivity index (χ0n) is 12.5. The Balaban J connectivity index is 1.50. The van der Waals surface area contributed by atoms with Crippen molar-refractivity contribution >= 4 is 11.8 Å². The second-order valence-corrected chi connectivity index (χ2v) is 5.32. The Morgan fingerprint density at radius 1 is 1.18 bits per heavy atom. The normalized spacial score (nSPS) is 17.9. The molecule has 6 heteroatoms. The van der Waals surface area contributed by atoms with Crippen LogP contribution in [0.25, 0.3) is 0 Å². The first-order chi connectivity index (χ1) is 10.9. The molecule has 2 aromatic heterocycles. The second-order valence-electron chi connectivity index (χ2n) is 5.32. The SMILES string of the molecule is c1ccc(CCNc2nccc(N[C@@H]3CCCOC3)n2)nc1. The number of nitrogens with one attached hydrogen (secondary N) is 2. The highest BCUT2D eigenvalue weighted by atomic mass is 16.5. The van der Waals surface area contributed by atoms with Crippen LogP contribution in [0, 0.1) is 0 Å². The van der Waals surface area contributed by atoms with Crippen molar-refractivity contribution < 1.29 is 4.74 Å². The first kappa shape index (κ1) is 14.7. The maximum Gasteiger partial charge on any atom is 0.224 e. The number of hydrogen-bond donors (Lipinski definition) is 2. The van der Waals surface area contributed by atoms with Crippen molar-refractivity contribution in [1.29, 1.82) is 0 Å². The monoisotopic (exact) mass is 299 g/mol. The second kappa shape index (κ2) is 7.70. The van der Waals surface area contributed by atoms with Gasteiger partial charge in [0.25, 0.3) is 0 Å². The van der Waals surface area contributed by atoms with E-state index in [1.807, 2.05) is 30.5 Å². The van der Waals surface area contributed by atoms with Gasteiger partial charge in [-0.3, -0.25) is 4.98 Å². The summed E-state index contributed by atoms with van der Waals surface area (Å²) in [6.45, 7) is 2.36. The molecule has 3 heterocycles. The molecular weight excluding hydrogens is 278 g/mol. The summed E-state index contributed by atoms with van der Waals surface area (Å²) in [5, 5.41) is 6.64. The van der Waals surface area contributed by atoms with E-state index in [4.69, 9.17) is 4.74 Å².